The van der Waals surface area contributed by atoms with Crippen LogP contribution >= 0.6 is 0 Å². The second kappa shape index (κ2) is 6.03. The predicted molar refractivity (Wildman–Crippen MR) is 111 cm³/mol. The minimum atomic E-state index is -1.16. The molecule has 3 N–H and O–H groups in total. The molecule has 0 saturated carbocycles. The maximum absolute atomic E-state index is 11.4. The van der Waals surface area contributed by atoms with Crippen molar-refractivity contribution < 1.29 is 5.11 Å². The highest BCUT2D eigenvalue weighted by atomic mass is 16.3. The Morgan fingerprint density at radius 2 is 1.63 bits per heavy atom. The molecule has 1 atom stereocenters. The van der Waals surface area contributed by atoms with Gasteiger partial charge >= 0.3 is 0 Å². The summed E-state index contributed by atoms with van der Waals surface area (Å²) >= 11 is 0. The maximum Gasteiger partial charge on any atom is 0.150 e. The summed E-state index contributed by atoms with van der Waals surface area (Å²) in [6, 6.07) is 14.2. The van der Waals surface area contributed by atoms with Crippen molar-refractivity contribution in [3.8, 4) is 0 Å². The van der Waals surface area contributed by atoms with Crippen LogP contribution in [0.1, 0.15) is 34.7 Å². The van der Waals surface area contributed by atoms with Crippen LogP contribution in [0.2, 0.25) is 0 Å². The number of aromatic nitrogens is 2. The van der Waals surface area contributed by atoms with Gasteiger partial charge in [-0.3, -0.25) is 4.98 Å². The maximum atomic E-state index is 11.4. The molecule has 27 heavy (non-hydrogen) atoms. The summed E-state index contributed by atoms with van der Waals surface area (Å²) in [6.07, 6.45) is 1.69. The number of nitrogens with two attached hydrogens (primary N) is 1. The lowest BCUT2D eigenvalue weighted by molar-refractivity contribution is 0.101. The van der Waals surface area contributed by atoms with Gasteiger partial charge in [-0.2, -0.15) is 0 Å². The van der Waals surface area contributed by atoms with Crippen molar-refractivity contribution in [2.75, 3.05) is 5.73 Å². The highest BCUT2D eigenvalue weighted by Gasteiger charge is 2.28. The van der Waals surface area contributed by atoms with Gasteiger partial charge in [-0.15, -0.1) is 0 Å². The van der Waals surface area contributed by atoms with Crippen molar-refractivity contribution in [2.45, 2.75) is 33.3 Å². The van der Waals surface area contributed by atoms with Gasteiger partial charge in [-0.1, -0.05) is 35.9 Å². The van der Waals surface area contributed by atoms with Crippen molar-refractivity contribution in [3.63, 3.8) is 0 Å². The van der Waals surface area contributed by atoms with Crippen molar-refractivity contribution >= 4 is 27.6 Å². The van der Waals surface area contributed by atoms with Crippen LogP contribution in [-0.4, -0.2) is 15.1 Å². The Labute approximate surface area is 158 Å². The lowest BCUT2D eigenvalue weighted by Gasteiger charge is -2.26. The van der Waals surface area contributed by atoms with Gasteiger partial charge in [0.15, 0.2) is 5.82 Å². The summed E-state index contributed by atoms with van der Waals surface area (Å²) in [7, 11) is 0. The van der Waals surface area contributed by atoms with Gasteiger partial charge in [-0.25, -0.2) is 4.98 Å². The SMILES string of the molecule is Cc1ccc(C(C)(O)c2cnc3c(N)nc4cc(C)ccc4c3c2)c(C)c1. The Kier molecular flexibility index (Phi) is 3.89. The highest BCUT2D eigenvalue weighted by molar-refractivity contribution is 6.08. The number of pyridine rings is 2. The van der Waals surface area contributed by atoms with Crippen molar-refractivity contribution in [1.82, 2.24) is 9.97 Å². The molecule has 4 heteroatoms. The Morgan fingerprint density at radius 3 is 2.37 bits per heavy atom. The number of aliphatic hydroxyl groups is 1. The molecule has 4 nitrogen and oxygen atoms in total. The average molecular weight is 357 g/mol. The van der Waals surface area contributed by atoms with E-state index in [-0.39, 0.29) is 0 Å². The van der Waals surface area contributed by atoms with E-state index in [1.54, 1.807) is 6.20 Å². The summed E-state index contributed by atoms with van der Waals surface area (Å²) in [6.45, 7) is 7.91. The first-order valence-corrected chi connectivity index (χ1v) is 9.03. The number of aryl methyl sites for hydroxylation is 3. The van der Waals surface area contributed by atoms with E-state index < -0.39 is 5.60 Å². The van der Waals surface area contributed by atoms with E-state index in [1.807, 2.05) is 58.0 Å². The fourth-order valence-electron chi connectivity index (χ4n) is 3.80. The standard InChI is InChI=1S/C23H23N3O/c1-13-6-8-19(15(3)9-13)23(4,27)16-11-18-17-7-5-14(2)10-20(17)26-22(24)21(18)25-12-16/h5-12,27H,1-4H3,(H2,24,26). The zero-order valence-corrected chi connectivity index (χ0v) is 16.0. The molecule has 2 aromatic carbocycles. The smallest absolute Gasteiger partial charge is 0.150 e. The zero-order chi connectivity index (χ0) is 19.3. The zero-order valence-electron chi connectivity index (χ0n) is 16.0. The summed E-state index contributed by atoms with van der Waals surface area (Å²) in [4.78, 5) is 9.04. The van der Waals surface area contributed by atoms with E-state index in [0.29, 0.717) is 11.3 Å². The Morgan fingerprint density at radius 1 is 0.926 bits per heavy atom. The minimum absolute atomic E-state index is 0.404. The first kappa shape index (κ1) is 17.4. The van der Waals surface area contributed by atoms with Gasteiger partial charge in [0, 0.05) is 22.5 Å². The number of nitrogens with zero attached hydrogens (tertiary/aromatic N) is 2. The minimum Gasteiger partial charge on any atom is -0.382 e. The number of anilines is 1. The second-order valence-electron chi connectivity index (χ2n) is 7.53. The molecule has 2 aromatic heterocycles. The third kappa shape index (κ3) is 2.82. The van der Waals surface area contributed by atoms with Crippen LogP contribution in [0, 0.1) is 20.8 Å². The number of hydrogen-bond donors (Lipinski definition) is 2. The molecule has 1 unspecified atom stereocenters. The van der Waals surface area contributed by atoms with Crippen LogP contribution < -0.4 is 5.73 Å². The van der Waals surface area contributed by atoms with Crippen LogP contribution in [-0.2, 0) is 5.60 Å². The van der Waals surface area contributed by atoms with Gasteiger partial charge in [0.1, 0.15) is 11.1 Å². The molecule has 0 radical (unpaired) electrons. The van der Waals surface area contributed by atoms with Gasteiger partial charge in [-0.05, 0) is 56.5 Å². The molecular weight excluding hydrogens is 334 g/mol. The van der Waals surface area contributed by atoms with E-state index >= 15 is 0 Å². The second-order valence-corrected chi connectivity index (χ2v) is 7.53. The van der Waals surface area contributed by atoms with Crippen LogP contribution in [0.15, 0.2) is 48.7 Å². The highest BCUT2D eigenvalue weighted by Crippen LogP contribution is 2.35. The molecule has 0 fully saturated rings. The van der Waals surface area contributed by atoms with Gasteiger partial charge in [0.25, 0.3) is 0 Å². The first-order chi connectivity index (χ1) is 12.8. The third-order valence-electron chi connectivity index (χ3n) is 5.28. The lowest BCUT2D eigenvalue weighted by Crippen LogP contribution is -2.24. The Bertz CT molecular complexity index is 1200. The number of hydrogen-bond acceptors (Lipinski definition) is 4. The fourth-order valence-corrected chi connectivity index (χ4v) is 3.80. The topological polar surface area (TPSA) is 72.0 Å². The lowest BCUT2D eigenvalue weighted by atomic mass is 9.85. The largest absolute Gasteiger partial charge is 0.382 e. The summed E-state index contributed by atoms with van der Waals surface area (Å²) in [5, 5.41) is 13.3. The van der Waals surface area contributed by atoms with Crippen LogP contribution in [0.4, 0.5) is 5.82 Å². The van der Waals surface area contributed by atoms with E-state index in [1.165, 1.54) is 5.56 Å². The average Bonchev–Trinajstić information content (AvgIpc) is 2.60. The molecule has 0 aliphatic carbocycles. The van der Waals surface area contributed by atoms with E-state index in [2.05, 4.69) is 22.1 Å². The summed E-state index contributed by atoms with van der Waals surface area (Å²) in [5.74, 6) is 0.404. The molecular formula is C23H23N3O. The van der Waals surface area contributed by atoms with Crippen LogP contribution in [0.5, 0.6) is 0 Å². The normalized spacial score (nSPS) is 13.8. The fraction of sp³-hybridized carbons (Fsp3) is 0.217. The summed E-state index contributed by atoms with van der Waals surface area (Å²) < 4.78 is 0. The van der Waals surface area contributed by atoms with Crippen molar-refractivity contribution in [2.24, 2.45) is 0 Å². The van der Waals surface area contributed by atoms with Gasteiger partial charge in [0.05, 0.1) is 5.52 Å². The van der Waals surface area contributed by atoms with Gasteiger partial charge in [0.2, 0.25) is 0 Å². The molecule has 136 valence electrons. The number of rotatable bonds is 2. The number of fused-ring (bicyclic) bond motifs is 3. The monoisotopic (exact) mass is 357 g/mol. The van der Waals surface area contributed by atoms with Crippen LogP contribution in [0.25, 0.3) is 21.8 Å². The molecule has 4 rings (SSSR count). The summed E-state index contributed by atoms with van der Waals surface area (Å²) in [5.41, 5.74) is 11.4. The quantitative estimate of drug-likeness (QED) is 0.516. The number of benzene rings is 2. The molecule has 4 aromatic rings. The Hall–Kier alpha value is -2.98. The van der Waals surface area contributed by atoms with Crippen molar-refractivity contribution in [3.05, 3.63) is 76.5 Å². The molecule has 0 saturated heterocycles. The molecule has 2 heterocycles. The first-order valence-electron chi connectivity index (χ1n) is 9.03. The third-order valence-corrected chi connectivity index (χ3v) is 5.28. The van der Waals surface area contributed by atoms with E-state index in [9.17, 15) is 5.11 Å². The van der Waals surface area contributed by atoms with E-state index in [4.69, 9.17) is 5.73 Å². The molecule has 0 amide bonds. The molecule has 0 aliphatic rings. The number of nitrogen functional groups attached to an aromatic ring is 1. The molecule has 0 aliphatic heterocycles. The Balaban J connectivity index is 1.98. The van der Waals surface area contributed by atoms with Crippen molar-refractivity contribution in [1.29, 1.82) is 0 Å². The predicted octanol–water partition coefficient (Wildman–Crippen LogP) is 4.55. The molecule has 0 spiro atoms. The van der Waals surface area contributed by atoms with E-state index in [0.717, 1.165) is 38.5 Å². The molecule has 0 bridgehead atoms. The van der Waals surface area contributed by atoms with Gasteiger partial charge < -0.3 is 10.8 Å². The van der Waals surface area contributed by atoms with Crippen LogP contribution in [0.3, 0.4) is 0 Å².